The van der Waals surface area contributed by atoms with Gasteiger partial charge in [-0.2, -0.15) is 0 Å². The summed E-state index contributed by atoms with van der Waals surface area (Å²) in [6, 6.07) is 3.55. The van der Waals surface area contributed by atoms with Gasteiger partial charge >= 0.3 is 0 Å². The molecule has 1 aliphatic rings. The largest absolute Gasteiger partial charge is 0.496 e. The third-order valence-electron chi connectivity index (χ3n) is 4.02. The van der Waals surface area contributed by atoms with Gasteiger partial charge in [0.25, 0.3) is 5.91 Å². The van der Waals surface area contributed by atoms with Crippen LogP contribution in [0.2, 0.25) is 0 Å². The molecule has 1 aromatic carbocycles. The van der Waals surface area contributed by atoms with Crippen molar-refractivity contribution < 1.29 is 19.0 Å². The molecule has 5 heteroatoms. The van der Waals surface area contributed by atoms with E-state index in [4.69, 9.17) is 14.2 Å². The van der Waals surface area contributed by atoms with Crippen LogP contribution >= 0.6 is 0 Å². The Balaban J connectivity index is 2.45. The van der Waals surface area contributed by atoms with Crippen molar-refractivity contribution in [3.8, 4) is 11.5 Å². The molecule has 1 N–H and O–H groups in total. The van der Waals surface area contributed by atoms with E-state index in [1.165, 1.54) is 18.4 Å². The van der Waals surface area contributed by atoms with Crippen molar-refractivity contribution in [3.63, 3.8) is 0 Å². The molecule has 23 heavy (non-hydrogen) atoms. The van der Waals surface area contributed by atoms with Crippen molar-refractivity contribution in [2.24, 2.45) is 0 Å². The molecule has 5 nitrogen and oxygen atoms in total. The number of carbonyl (C=O) groups excluding carboxylic acids is 1. The van der Waals surface area contributed by atoms with Gasteiger partial charge in [-0.3, -0.25) is 4.79 Å². The molecule has 2 rings (SSSR count). The van der Waals surface area contributed by atoms with E-state index in [1.807, 2.05) is 6.07 Å². The minimum Gasteiger partial charge on any atom is -0.496 e. The molecular weight excluding hydrogens is 294 g/mol. The zero-order valence-corrected chi connectivity index (χ0v) is 14.1. The summed E-state index contributed by atoms with van der Waals surface area (Å²) < 4.78 is 16.3. The van der Waals surface area contributed by atoms with Gasteiger partial charge in [-0.15, -0.1) is 0 Å². The lowest BCUT2D eigenvalue weighted by Gasteiger charge is -2.20. The van der Waals surface area contributed by atoms with Crippen LogP contribution in [0.5, 0.6) is 11.5 Å². The third kappa shape index (κ3) is 4.26. The summed E-state index contributed by atoms with van der Waals surface area (Å²) in [5.74, 6) is 1.09. The highest BCUT2D eigenvalue weighted by molar-refractivity contribution is 5.97. The number of carbonyl (C=O) groups is 1. The summed E-state index contributed by atoms with van der Waals surface area (Å²) in [5.41, 5.74) is 2.77. The number of hydrogen-bond donors (Lipinski definition) is 1. The molecule has 0 heterocycles. The number of nitrogens with one attached hydrogen (secondary N) is 1. The van der Waals surface area contributed by atoms with Crippen LogP contribution in [0.3, 0.4) is 0 Å². The van der Waals surface area contributed by atoms with Crippen LogP contribution in [-0.2, 0) is 11.2 Å². The fourth-order valence-electron chi connectivity index (χ4n) is 2.86. The normalized spacial score (nSPS) is 14.1. The molecule has 0 spiro atoms. The van der Waals surface area contributed by atoms with Gasteiger partial charge < -0.3 is 19.5 Å². The molecule has 0 unspecified atom stereocenters. The van der Waals surface area contributed by atoms with E-state index in [0.717, 1.165) is 30.6 Å². The van der Waals surface area contributed by atoms with Crippen molar-refractivity contribution in [2.45, 2.75) is 32.1 Å². The number of allylic oxidation sites excluding steroid dienone is 2. The molecule has 1 amide bonds. The first-order chi connectivity index (χ1) is 11.2. The number of ether oxygens (including phenoxy) is 3. The van der Waals surface area contributed by atoms with Gasteiger partial charge in [0, 0.05) is 26.1 Å². The van der Waals surface area contributed by atoms with Gasteiger partial charge in [0.05, 0.1) is 12.7 Å². The zero-order valence-electron chi connectivity index (χ0n) is 14.1. The second-order valence-corrected chi connectivity index (χ2v) is 5.54. The number of rotatable bonds is 7. The standard InChI is InChI=1S/C18H25NO4/c1-19-18(20)14-9-10-16(22-3)15(17(14)23-12-21-2)11-13-7-5-4-6-8-13/h7,9-10H,4-6,8,11-12H2,1-3H3,(H,19,20). The van der Waals surface area contributed by atoms with Crippen LogP contribution in [0.1, 0.15) is 41.6 Å². The average Bonchev–Trinajstić information content (AvgIpc) is 2.60. The summed E-state index contributed by atoms with van der Waals surface area (Å²) in [6.45, 7) is 0.0865. The second kappa shape index (κ2) is 8.58. The fourth-order valence-corrected chi connectivity index (χ4v) is 2.86. The summed E-state index contributed by atoms with van der Waals surface area (Å²) in [6.07, 6.45) is 7.66. The van der Waals surface area contributed by atoms with Gasteiger partial charge in [0.1, 0.15) is 11.5 Å². The number of benzene rings is 1. The Bertz CT molecular complexity index is 581. The Morgan fingerprint density at radius 2 is 2.09 bits per heavy atom. The average molecular weight is 319 g/mol. The molecule has 1 aromatic rings. The van der Waals surface area contributed by atoms with Gasteiger partial charge in [-0.05, 0) is 37.8 Å². The van der Waals surface area contributed by atoms with Gasteiger partial charge in [-0.25, -0.2) is 0 Å². The highest BCUT2D eigenvalue weighted by Gasteiger charge is 2.21. The van der Waals surface area contributed by atoms with Crippen molar-refractivity contribution in [2.75, 3.05) is 28.1 Å². The minimum atomic E-state index is -0.183. The molecule has 0 aliphatic heterocycles. The minimum absolute atomic E-state index is 0.0865. The molecule has 0 radical (unpaired) electrons. The molecule has 0 atom stereocenters. The maximum absolute atomic E-state index is 12.2. The summed E-state index contributed by atoms with van der Waals surface area (Å²) >= 11 is 0. The van der Waals surface area contributed by atoms with E-state index < -0.39 is 0 Å². The number of methoxy groups -OCH3 is 2. The monoisotopic (exact) mass is 319 g/mol. The van der Waals surface area contributed by atoms with Crippen LogP contribution in [0.4, 0.5) is 0 Å². The SMILES string of the molecule is CNC(=O)c1ccc(OC)c(CC2=CCCCC2)c1OCOC. The van der Waals surface area contributed by atoms with Gasteiger partial charge in [0.15, 0.2) is 6.79 Å². The number of hydrogen-bond acceptors (Lipinski definition) is 4. The lowest BCUT2D eigenvalue weighted by atomic mass is 9.92. The van der Waals surface area contributed by atoms with Crippen LogP contribution < -0.4 is 14.8 Å². The first-order valence-corrected chi connectivity index (χ1v) is 7.92. The molecule has 0 fully saturated rings. The Kier molecular flexibility index (Phi) is 6.47. The number of amides is 1. The van der Waals surface area contributed by atoms with Crippen LogP contribution in [0, 0.1) is 0 Å². The Labute approximate surface area is 137 Å². The van der Waals surface area contributed by atoms with Crippen LogP contribution in [-0.4, -0.2) is 34.0 Å². The maximum Gasteiger partial charge on any atom is 0.254 e. The van der Waals surface area contributed by atoms with E-state index in [0.29, 0.717) is 11.3 Å². The smallest absolute Gasteiger partial charge is 0.254 e. The predicted octanol–water partition coefficient (Wildman–Crippen LogP) is 3.08. The van der Waals surface area contributed by atoms with Crippen molar-refractivity contribution in [1.82, 2.24) is 5.32 Å². The first-order valence-electron chi connectivity index (χ1n) is 7.92. The molecule has 0 aromatic heterocycles. The topological polar surface area (TPSA) is 56.8 Å². The lowest BCUT2D eigenvalue weighted by Crippen LogP contribution is -2.20. The summed E-state index contributed by atoms with van der Waals surface area (Å²) in [5, 5.41) is 2.65. The first kappa shape index (κ1) is 17.3. The Morgan fingerprint density at radius 3 is 2.70 bits per heavy atom. The fraction of sp³-hybridized carbons (Fsp3) is 0.500. The Morgan fingerprint density at radius 1 is 1.26 bits per heavy atom. The zero-order chi connectivity index (χ0) is 16.7. The van der Waals surface area contributed by atoms with E-state index in [-0.39, 0.29) is 12.7 Å². The van der Waals surface area contributed by atoms with Crippen LogP contribution in [0.15, 0.2) is 23.8 Å². The lowest BCUT2D eigenvalue weighted by molar-refractivity contribution is 0.0493. The molecular formula is C18H25NO4. The second-order valence-electron chi connectivity index (χ2n) is 5.54. The van der Waals surface area contributed by atoms with E-state index >= 15 is 0 Å². The molecule has 0 saturated carbocycles. The predicted molar refractivity (Wildman–Crippen MR) is 89.1 cm³/mol. The van der Waals surface area contributed by atoms with Crippen LogP contribution in [0.25, 0.3) is 0 Å². The van der Waals surface area contributed by atoms with Gasteiger partial charge in [-0.1, -0.05) is 11.6 Å². The van der Waals surface area contributed by atoms with E-state index in [9.17, 15) is 4.79 Å². The highest BCUT2D eigenvalue weighted by atomic mass is 16.7. The van der Waals surface area contributed by atoms with E-state index in [2.05, 4.69) is 11.4 Å². The summed E-state index contributed by atoms with van der Waals surface area (Å²) in [4.78, 5) is 12.2. The molecule has 0 saturated heterocycles. The quantitative estimate of drug-likeness (QED) is 0.620. The van der Waals surface area contributed by atoms with Gasteiger partial charge in [0.2, 0.25) is 0 Å². The highest BCUT2D eigenvalue weighted by Crippen LogP contribution is 2.36. The van der Waals surface area contributed by atoms with E-state index in [1.54, 1.807) is 27.3 Å². The molecule has 0 bridgehead atoms. The Hall–Kier alpha value is -2.01. The van der Waals surface area contributed by atoms with Crippen molar-refractivity contribution >= 4 is 5.91 Å². The van der Waals surface area contributed by atoms with Crippen molar-refractivity contribution in [1.29, 1.82) is 0 Å². The molecule has 1 aliphatic carbocycles. The maximum atomic E-state index is 12.2. The third-order valence-corrected chi connectivity index (χ3v) is 4.02. The molecule has 126 valence electrons. The van der Waals surface area contributed by atoms with Crippen molar-refractivity contribution in [3.05, 3.63) is 34.9 Å². The summed E-state index contributed by atoms with van der Waals surface area (Å²) in [7, 11) is 4.80.